The summed E-state index contributed by atoms with van der Waals surface area (Å²) in [5.41, 5.74) is 2.24. The smallest absolute Gasteiger partial charge is 0.0449 e. The molecule has 78 valence electrons. The summed E-state index contributed by atoms with van der Waals surface area (Å²) in [6.45, 7) is 2.17. The van der Waals surface area contributed by atoms with Crippen molar-refractivity contribution in [1.82, 2.24) is 5.32 Å². The topological polar surface area (TPSA) is 32.3 Å². The van der Waals surface area contributed by atoms with Gasteiger partial charge in [0.15, 0.2) is 0 Å². The highest BCUT2D eigenvalue weighted by molar-refractivity contribution is 6.31. The maximum Gasteiger partial charge on any atom is 0.0449 e. The number of nitrogens with one attached hydrogen (secondary N) is 1. The molecule has 0 radical (unpaired) electrons. The van der Waals surface area contributed by atoms with Crippen LogP contribution in [0.5, 0.6) is 0 Å². The van der Waals surface area contributed by atoms with Gasteiger partial charge in [0.05, 0.1) is 0 Å². The lowest BCUT2D eigenvalue weighted by Crippen LogP contribution is -2.17. The molecule has 0 aliphatic rings. The van der Waals surface area contributed by atoms with Crippen LogP contribution in [0.15, 0.2) is 18.2 Å². The van der Waals surface area contributed by atoms with E-state index in [1.54, 1.807) is 0 Å². The molecular formula is C11H16ClNO. The van der Waals surface area contributed by atoms with Crippen LogP contribution in [0.4, 0.5) is 0 Å². The fraction of sp³-hybridized carbons (Fsp3) is 0.455. The fourth-order valence-electron chi connectivity index (χ4n) is 1.49. The molecule has 0 fully saturated rings. The molecule has 0 bridgehead atoms. The molecule has 1 atom stereocenters. The lowest BCUT2D eigenvalue weighted by Gasteiger charge is -2.16. The maximum absolute atomic E-state index is 8.89. The predicted molar refractivity (Wildman–Crippen MR) is 59.7 cm³/mol. The molecule has 0 saturated carbocycles. The zero-order valence-corrected chi connectivity index (χ0v) is 9.30. The average molecular weight is 214 g/mol. The average Bonchev–Trinajstić information content (AvgIpc) is 2.19. The fourth-order valence-corrected chi connectivity index (χ4v) is 1.61. The van der Waals surface area contributed by atoms with Gasteiger partial charge >= 0.3 is 0 Å². The van der Waals surface area contributed by atoms with Crippen LogP contribution in [0.2, 0.25) is 5.02 Å². The zero-order chi connectivity index (χ0) is 10.6. The van der Waals surface area contributed by atoms with E-state index in [0.29, 0.717) is 0 Å². The molecule has 0 saturated heterocycles. The molecule has 0 aliphatic carbocycles. The lowest BCUT2D eigenvalue weighted by molar-refractivity contribution is 0.269. The van der Waals surface area contributed by atoms with E-state index in [2.05, 4.69) is 11.4 Å². The van der Waals surface area contributed by atoms with Crippen LogP contribution in [0.3, 0.4) is 0 Å². The molecular weight excluding hydrogens is 198 g/mol. The quantitative estimate of drug-likeness (QED) is 0.805. The number of hydrogen-bond donors (Lipinski definition) is 2. The first-order chi connectivity index (χ1) is 6.69. The van der Waals surface area contributed by atoms with Gasteiger partial charge in [-0.2, -0.15) is 0 Å². The molecule has 2 nitrogen and oxygen atoms in total. The SMILES string of the molecule is CNC(CCO)c1ccc(Cl)c(C)c1. The summed E-state index contributed by atoms with van der Waals surface area (Å²) < 4.78 is 0. The minimum Gasteiger partial charge on any atom is -0.396 e. The zero-order valence-electron chi connectivity index (χ0n) is 8.55. The standard InChI is InChI=1S/C11H16ClNO/c1-8-7-9(3-4-10(8)12)11(13-2)5-6-14/h3-4,7,11,13-14H,5-6H2,1-2H3. The van der Waals surface area contributed by atoms with Crippen molar-refractivity contribution in [2.75, 3.05) is 13.7 Å². The van der Waals surface area contributed by atoms with Gasteiger partial charge in [-0.15, -0.1) is 0 Å². The van der Waals surface area contributed by atoms with Gasteiger partial charge in [-0.1, -0.05) is 23.7 Å². The van der Waals surface area contributed by atoms with Crippen LogP contribution in [0.1, 0.15) is 23.6 Å². The first-order valence-electron chi connectivity index (χ1n) is 4.73. The highest BCUT2D eigenvalue weighted by Crippen LogP contribution is 2.22. The van der Waals surface area contributed by atoms with Gasteiger partial charge in [-0.25, -0.2) is 0 Å². The van der Waals surface area contributed by atoms with Gasteiger partial charge in [-0.05, 0) is 37.6 Å². The van der Waals surface area contributed by atoms with Crippen LogP contribution < -0.4 is 5.32 Å². The largest absolute Gasteiger partial charge is 0.396 e. The van der Waals surface area contributed by atoms with Gasteiger partial charge < -0.3 is 10.4 Å². The van der Waals surface area contributed by atoms with Crippen molar-refractivity contribution in [3.05, 3.63) is 34.3 Å². The van der Waals surface area contributed by atoms with Crippen LogP contribution >= 0.6 is 11.6 Å². The molecule has 3 heteroatoms. The minimum absolute atomic E-state index is 0.188. The summed E-state index contributed by atoms with van der Waals surface area (Å²) in [5.74, 6) is 0. The van der Waals surface area contributed by atoms with Crippen LogP contribution in [0, 0.1) is 6.92 Å². The van der Waals surface area contributed by atoms with Gasteiger partial charge in [0.2, 0.25) is 0 Å². The van der Waals surface area contributed by atoms with E-state index in [9.17, 15) is 0 Å². The predicted octanol–water partition coefficient (Wildman–Crippen LogP) is 2.29. The molecule has 0 spiro atoms. The molecule has 0 aliphatic heterocycles. The first kappa shape index (κ1) is 11.5. The summed E-state index contributed by atoms with van der Waals surface area (Å²) in [6.07, 6.45) is 0.720. The van der Waals surface area contributed by atoms with Crippen LogP contribution in [0.25, 0.3) is 0 Å². The Morgan fingerprint density at radius 1 is 1.50 bits per heavy atom. The number of aliphatic hydroxyl groups is 1. The Morgan fingerprint density at radius 2 is 2.21 bits per heavy atom. The third kappa shape index (κ3) is 2.71. The summed E-state index contributed by atoms with van der Waals surface area (Å²) in [5, 5.41) is 12.8. The van der Waals surface area contributed by atoms with Crippen molar-refractivity contribution in [3.63, 3.8) is 0 Å². The molecule has 0 aromatic heterocycles. The van der Waals surface area contributed by atoms with Gasteiger partial charge in [0.25, 0.3) is 0 Å². The molecule has 0 heterocycles. The van der Waals surface area contributed by atoms with Crippen molar-refractivity contribution in [2.45, 2.75) is 19.4 Å². The second-order valence-corrected chi connectivity index (χ2v) is 3.77. The van der Waals surface area contributed by atoms with Gasteiger partial charge in [0, 0.05) is 17.7 Å². The van der Waals surface area contributed by atoms with Crippen molar-refractivity contribution in [1.29, 1.82) is 0 Å². The minimum atomic E-state index is 0.188. The molecule has 14 heavy (non-hydrogen) atoms. The third-order valence-corrected chi connectivity index (χ3v) is 2.77. The monoisotopic (exact) mass is 213 g/mol. The summed E-state index contributed by atoms with van der Waals surface area (Å²) in [4.78, 5) is 0. The Morgan fingerprint density at radius 3 is 2.71 bits per heavy atom. The lowest BCUT2D eigenvalue weighted by atomic mass is 10.0. The van der Waals surface area contributed by atoms with E-state index >= 15 is 0 Å². The normalized spacial score (nSPS) is 12.9. The summed E-state index contributed by atoms with van der Waals surface area (Å²) in [7, 11) is 1.89. The van der Waals surface area contributed by atoms with E-state index in [1.807, 2.05) is 26.1 Å². The van der Waals surface area contributed by atoms with E-state index in [1.165, 1.54) is 5.56 Å². The molecule has 1 aromatic carbocycles. The molecule has 2 N–H and O–H groups in total. The van der Waals surface area contributed by atoms with Crippen molar-refractivity contribution in [3.8, 4) is 0 Å². The number of halogens is 1. The Bertz CT molecular complexity index is 301. The first-order valence-corrected chi connectivity index (χ1v) is 5.11. The van der Waals surface area contributed by atoms with Gasteiger partial charge in [-0.3, -0.25) is 0 Å². The van der Waals surface area contributed by atoms with Gasteiger partial charge in [0.1, 0.15) is 0 Å². The number of rotatable bonds is 4. The molecule has 1 aromatic rings. The molecule has 1 rings (SSSR count). The van der Waals surface area contributed by atoms with E-state index in [-0.39, 0.29) is 12.6 Å². The van der Waals surface area contributed by atoms with Crippen molar-refractivity contribution in [2.24, 2.45) is 0 Å². The second kappa shape index (κ2) is 5.35. The van der Waals surface area contributed by atoms with E-state index < -0.39 is 0 Å². The Balaban J connectivity index is 2.88. The number of aryl methyl sites for hydroxylation is 1. The third-order valence-electron chi connectivity index (χ3n) is 2.35. The van der Waals surface area contributed by atoms with E-state index in [0.717, 1.165) is 17.0 Å². The van der Waals surface area contributed by atoms with E-state index in [4.69, 9.17) is 16.7 Å². The Hall–Kier alpha value is -0.570. The van der Waals surface area contributed by atoms with Crippen molar-refractivity contribution >= 4 is 11.6 Å². The Kier molecular flexibility index (Phi) is 4.39. The summed E-state index contributed by atoms with van der Waals surface area (Å²) in [6, 6.07) is 6.15. The van der Waals surface area contributed by atoms with Crippen LogP contribution in [-0.2, 0) is 0 Å². The Labute approximate surface area is 89.9 Å². The molecule has 0 amide bonds. The summed E-state index contributed by atoms with van der Waals surface area (Å²) >= 11 is 5.94. The number of hydrogen-bond acceptors (Lipinski definition) is 2. The maximum atomic E-state index is 8.89. The van der Waals surface area contributed by atoms with Crippen molar-refractivity contribution < 1.29 is 5.11 Å². The second-order valence-electron chi connectivity index (χ2n) is 3.36. The highest BCUT2D eigenvalue weighted by Gasteiger charge is 2.08. The number of benzene rings is 1. The number of aliphatic hydroxyl groups excluding tert-OH is 1. The molecule has 1 unspecified atom stereocenters. The van der Waals surface area contributed by atoms with Crippen LogP contribution in [-0.4, -0.2) is 18.8 Å². The highest BCUT2D eigenvalue weighted by atomic mass is 35.5.